The van der Waals surface area contributed by atoms with Gasteiger partial charge >= 0.3 is 0 Å². The molecule has 3 atom stereocenters. The highest BCUT2D eigenvalue weighted by molar-refractivity contribution is 4.76. The summed E-state index contributed by atoms with van der Waals surface area (Å²) in [6, 6.07) is 0.162. The van der Waals surface area contributed by atoms with E-state index >= 15 is 0 Å². The van der Waals surface area contributed by atoms with Crippen molar-refractivity contribution in [1.29, 1.82) is 0 Å². The Kier molecular flexibility index (Phi) is 5.51. The lowest BCUT2D eigenvalue weighted by Crippen LogP contribution is -2.36. The van der Waals surface area contributed by atoms with Crippen LogP contribution < -0.4 is 5.73 Å². The van der Waals surface area contributed by atoms with Crippen LogP contribution in [0.2, 0.25) is 0 Å². The molecule has 0 radical (unpaired) electrons. The van der Waals surface area contributed by atoms with Gasteiger partial charge in [0.2, 0.25) is 0 Å². The first-order valence-electron chi connectivity index (χ1n) is 4.60. The maximum atomic E-state index is 9.54. The van der Waals surface area contributed by atoms with Crippen molar-refractivity contribution in [2.75, 3.05) is 0 Å². The molecule has 0 spiro atoms. The summed E-state index contributed by atoms with van der Waals surface area (Å²) in [5.41, 5.74) is 5.84. The largest absolute Gasteiger partial charge is 0.393 e. The van der Waals surface area contributed by atoms with E-state index in [4.69, 9.17) is 5.73 Å². The lowest BCUT2D eigenvalue weighted by molar-refractivity contribution is 0.0855. The zero-order chi connectivity index (χ0) is 8.85. The molecule has 0 aromatic heterocycles. The van der Waals surface area contributed by atoms with Gasteiger partial charge in [0.05, 0.1) is 6.10 Å². The Balaban J connectivity index is 3.92. The van der Waals surface area contributed by atoms with Gasteiger partial charge in [-0.2, -0.15) is 0 Å². The van der Waals surface area contributed by atoms with Crippen LogP contribution in [-0.2, 0) is 0 Å². The highest BCUT2D eigenvalue weighted by Crippen LogP contribution is 2.16. The van der Waals surface area contributed by atoms with Gasteiger partial charge in [-0.05, 0) is 25.2 Å². The molecular weight excluding hydrogens is 138 g/mol. The van der Waals surface area contributed by atoms with Gasteiger partial charge in [-0.25, -0.2) is 0 Å². The van der Waals surface area contributed by atoms with Crippen molar-refractivity contribution in [2.45, 2.75) is 52.2 Å². The fourth-order valence-electron chi connectivity index (χ4n) is 1.47. The Morgan fingerprint density at radius 3 is 1.91 bits per heavy atom. The predicted molar refractivity (Wildman–Crippen MR) is 48.3 cm³/mol. The van der Waals surface area contributed by atoms with Crippen LogP contribution in [0.1, 0.15) is 40.0 Å². The Morgan fingerprint density at radius 1 is 1.09 bits per heavy atom. The minimum atomic E-state index is -0.213. The van der Waals surface area contributed by atoms with E-state index in [1.807, 2.05) is 6.92 Å². The summed E-state index contributed by atoms with van der Waals surface area (Å²) in [6.07, 6.45) is 2.53. The van der Waals surface area contributed by atoms with Crippen molar-refractivity contribution in [1.82, 2.24) is 0 Å². The summed E-state index contributed by atoms with van der Waals surface area (Å²) in [5, 5.41) is 9.54. The number of hydrogen-bond donors (Lipinski definition) is 2. The first-order chi connectivity index (χ1) is 5.17. The molecular formula is C9H21NO. The van der Waals surface area contributed by atoms with Gasteiger partial charge in [-0.3, -0.25) is 0 Å². The van der Waals surface area contributed by atoms with E-state index in [1.54, 1.807) is 0 Å². The number of rotatable bonds is 5. The van der Waals surface area contributed by atoms with Crippen LogP contribution in [0.3, 0.4) is 0 Å². The second kappa shape index (κ2) is 5.56. The van der Waals surface area contributed by atoms with E-state index in [0.29, 0.717) is 0 Å². The van der Waals surface area contributed by atoms with Crippen LogP contribution in [0.15, 0.2) is 0 Å². The van der Waals surface area contributed by atoms with E-state index in [2.05, 4.69) is 13.8 Å². The van der Waals surface area contributed by atoms with E-state index in [9.17, 15) is 5.11 Å². The normalized spacial score (nSPS) is 19.4. The van der Waals surface area contributed by atoms with E-state index in [0.717, 1.165) is 19.3 Å². The Morgan fingerprint density at radius 2 is 1.64 bits per heavy atom. The SMILES string of the molecule is CCC(N)C(CC)C(O)CC. The van der Waals surface area contributed by atoms with E-state index < -0.39 is 0 Å². The quantitative estimate of drug-likeness (QED) is 0.639. The van der Waals surface area contributed by atoms with Gasteiger partial charge in [-0.1, -0.05) is 20.8 Å². The molecule has 0 heterocycles. The molecule has 0 aliphatic heterocycles. The molecule has 68 valence electrons. The zero-order valence-corrected chi connectivity index (χ0v) is 7.88. The van der Waals surface area contributed by atoms with Crippen LogP contribution in [0.5, 0.6) is 0 Å². The standard InChI is InChI=1S/C9H21NO/c1-4-7(8(10)5-2)9(11)6-3/h7-9,11H,4-6,10H2,1-3H3. The molecule has 0 amide bonds. The molecule has 3 N–H and O–H groups in total. The van der Waals surface area contributed by atoms with Crippen molar-refractivity contribution in [3.63, 3.8) is 0 Å². The number of nitrogens with two attached hydrogens (primary N) is 1. The summed E-state index contributed by atoms with van der Waals surface area (Å²) >= 11 is 0. The fraction of sp³-hybridized carbons (Fsp3) is 1.00. The molecule has 0 aromatic rings. The molecule has 2 heteroatoms. The third kappa shape index (κ3) is 3.21. The summed E-state index contributed by atoms with van der Waals surface area (Å²) < 4.78 is 0. The number of hydrogen-bond acceptors (Lipinski definition) is 2. The summed E-state index contributed by atoms with van der Waals surface area (Å²) in [7, 11) is 0. The molecule has 0 rings (SSSR count). The molecule has 3 unspecified atom stereocenters. The topological polar surface area (TPSA) is 46.2 Å². The van der Waals surface area contributed by atoms with Gasteiger partial charge in [0.15, 0.2) is 0 Å². The maximum Gasteiger partial charge on any atom is 0.0580 e. The van der Waals surface area contributed by atoms with Crippen molar-refractivity contribution >= 4 is 0 Å². The molecule has 0 aliphatic rings. The summed E-state index contributed by atoms with van der Waals surface area (Å²) in [6.45, 7) is 6.14. The third-order valence-corrected chi connectivity index (χ3v) is 2.41. The first-order valence-corrected chi connectivity index (χ1v) is 4.60. The zero-order valence-electron chi connectivity index (χ0n) is 7.88. The van der Waals surface area contributed by atoms with Crippen molar-refractivity contribution in [3.8, 4) is 0 Å². The highest BCUT2D eigenvalue weighted by Gasteiger charge is 2.20. The molecule has 0 saturated carbocycles. The lowest BCUT2D eigenvalue weighted by atomic mass is 9.89. The van der Waals surface area contributed by atoms with Crippen LogP contribution in [0.4, 0.5) is 0 Å². The fourth-order valence-corrected chi connectivity index (χ4v) is 1.47. The first kappa shape index (κ1) is 10.9. The van der Waals surface area contributed by atoms with Gasteiger partial charge in [0.1, 0.15) is 0 Å². The van der Waals surface area contributed by atoms with Crippen molar-refractivity contribution < 1.29 is 5.11 Å². The summed E-state index contributed by atoms with van der Waals surface area (Å²) in [4.78, 5) is 0. The van der Waals surface area contributed by atoms with E-state index in [-0.39, 0.29) is 18.1 Å². The predicted octanol–water partition coefficient (Wildman–Crippen LogP) is 1.52. The lowest BCUT2D eigenvalue weighted by Gasteiger charge is -2.25. The Hall–Kier alpha value is -0.0800. The second-order valence-electron chi connectivity index (χ2n) is 3.12. The minimum absolute atomic E-state index is 0.162. The van der Waals surface area contributed by atoms with Crippen molar-refractivity contribution in [3.05, 3.63) is 0 Å². The molecule has 0 saturated heterocycles. The average Bonchev–Trinajstić information content (AvgIpc) is 2.05. The Bertz CT molecular complexity index is 85.6. The van der Waals surface area contributed by atoms with Crippen LogP contribution in [0.25, 0.3) is 0 Å². The van der Waals surface area contributed by atoms with Crippen molar-refractivity contribution in [2.24, 2.45) is 11.7 Å². The molecule has 0 bridgehead atoms. The number of aliphatic hydroxyl groups is 1. The van der Waals surface area contributed by atoms with Crippen LogP contribution in [-0.4, -0.2) is 17.3 Å². The molecule has 2 nitrogen and oxygen atoms in total. The average molecular weight is 159 g/mol. The second-order valence-corrected chi connectivity index (χ2v) is 3.12. The third-order valence-electron chi connectivity index (χ3n) is 2.41. The smallest absolute Gasteiger partial charge is 0.0580 e. The van der Waals surface area contributed by atoms with E-state index in [1.165, 1.54) is 0 Å². The van der Waals surface area contributed by atoms with Gasteiger partial charge < -0.3 is 10.8 Å². The monoisotopic (exact) mass is 159 g/mol. The summed E-state index contributed by atoms with van der Waals surface area (Å²) in [5.74, 6) is 0.282. The highest BCUT2D eigenvalue weighted by atomic mass is 16.3. The number of aliphatic hydroxyl groups excluding tert-OH is 1. The molecule has 0 aromatic carbocycles. The molecule has 11 heavy (non-hydrogen) atoms. The van der Waals surface area contributed by atoms with Crippen LogP contribution in [0, 0.1) is 5.92 Å². The van der Waals surface area contributed by atoms with Gasteiger partial charge in [0, 0.05) is 6.04 Å². The molecule has 0 fully saturated rings. The maximum absolute atomic E-state index is 9.54. The Labute approximate surface area is 69.8 Å². The molecule has 0 aliphatic carbocycles. The minimum Gasteiger partial charge on any atom is -0.393 e. The van der Waals surface area contributed by atoms with Gasteiger partial charge in [0.25, 0.3) is 0 Å². The van der Waals surface area contributed by atoms with Crippen LogP contribution >= 0.6 is 0 Å². The van der Waals surface area contributed by atoms with Gasteiger partial charge in [-0.15, -0.1) is 0 Å².